The first-order valence-corrected chi connectivity index (χ1v) is 15.5. The van der Waals surface area contributed by atoms with Gasteiger partial charge < -0.3 is 29.9 Å². The quantitative estimate of drug-likeness (QED) is 0.0955. The van der Waals surface area contributed by atoms with E-state index in [2.05, 4.69) is 13.8 Å². The molecule has 1 aliphatic heterocycles. The molecule has 0 aromatic rings. The summed E-state index contributed by atoms with van der Waals surface area (Å²) in [4.78, 5) is 12.7. The Bertz CT molecular complexity index is 556. The zero-order valence-corrected chi connectivity index (χ0v) is 23.9. The second kappa shape index (κ2) is 21.1. The molecule has 1 rings (SSSR count). The topological polar surface area (TPSA) is 116 Å². The van der Waals surface area contributed by atoms with Crippen molar-refractivity contribution in [1.82, 2.24) is 0 Å². The zero-order chi connectivity index (χ0) is 27.4. The van der Waals surface area contributed by atoms with E-state index in [1.807, 2.05) is 0 Å². The number of hydrogen-bond acceptors (Lipinski definition) is 7. The molecule has 0 radical (unpaired) electrons. The summed E-state index contributed by atoms with van der Waals surface area (Å²) in [7, 11) is 0. The Morgan fingerprint density at radius 1 is 0.676 bits per heavy atom. The third-order valence-corrected chi connectivity index (χ3v) is 7.69. The van der Waals surface area contributed by atoms with Gasteiger partial charge in [-0.15, -0.1) is 0 Å². The van der Waals surface area contributed by atoms with E-state index < -0.39 is 42.8 Å². The maximum atomic E-state index is 12.7. The highest BCUT2D eigenvalue weighted by Gasteiger charge is 2.55. The molecule has 37 heavy (non-hydrogen) atoms. The summed E-state index contributed by atoms with van der Waals surface area (Å²) in [6.07, 6.45) is 16.3. The van der Waals surface area contributed by atoms with E-state index in [9.17, 15) is 25.2 Å². The van der Waals surface area contributed by atoms with Gasteiger partial charge in [0.05, 0.1) is 6.61 Å². The summed E-state index contributed by atoms with van der Waals surface area (Å²) in [5.41, 5.74) is 0. The highest BCUT2D eigenvalue weighted by molar-refractivity contribution is 5.69. The monoisotopic (exact) mass is 530 g/mol. The van der Waals surface area contributed by atoms with Gasteiger partial charge in [-0.05, 0) is 12.8 Å². The molecule has 4 N–H and O–H groups in total. The summed E-state index contributed by atoms with van der Waals surface area (Å²) in [5, 5.41) is 41.1. The average molecular weight is 531 g/mol. The Morgan fingerprint density at radius 2 is 1.11 bits per heavy atom. The van der Waals surface area contributed by atoms with E-state index in [0.717, 1.165) is 32.1 Å². The maximum absolute atomic E-state index is 12.7. The van der Waals surface area contributed by atoms with Crippen LogP contribution in [0.2, 0.25) is 0 Å². The molecule has 0 bridgehead atoms. The number of esters is 1. The van der Waals surface area contributed by atoms with Gasteiger partial charge in [0.15, 0.2) is 0 Å². The predicted octanol–water partition coefficient (Wildman–Crippen LogP) is 5.93. The molecular weight excluding hydrogens is 472 g/mol. The van der Waals surface area contributed by atoms with E-state index in [0.29, 0.717) is 12.8 Å². The molecule has 1 saturated heterocycles. The lowest BCUT2D eigenvalue weighted by Gasteiger charge is -2.47. The number of carbonyl (C=O) groups excluding carboxylic acids is 1. The minimum Gasteiger partial charge on any atom is -0.430 e. The Kier molecular flexibility index (Phi) is 19.6. The van der Waals surface area contributed by atoms with Gasteiger partial charge in [-0.3, -0.25) is 4.79 Å². The lowest BCUT2D eigenvalue weighted by Crippen LogP contribution is -2.66. The normalized spacial score (nSPS) is 25.9. The van der Waals surface area contributed by atoms with Crippen LogP contribution in [0.3, 0.4) is 0 Å². The van der Waals surface area contributed by atoms with Crippen molar-refractivity contribution >= 4 is 5.97 Å². The van der Waals surface area contributed by atoms with Crippen LogP contribution in [0.15, 0.2) is 0 Å². The lowest BCUT2D eigenvalue weighted by molar-refractivity contribution is -0.354. The molecule has 0 spiro atoms. The summed E-state index contributed by atoms with van der Waals surface area (Å²) in [6.45, 7) is 3.89. The van der Waals surface area contributed by atoms with Crippen LogP contribution in [0.1, 0.15) is 149 Å². The third-order valence-electron chi connectivity index (χ3n) is 7.69. The van der Waals surface area contributed by atoms with Crippen molar-refractivity contribution in [3.8, 4) is 0 Å². The lowest BCUT2D eigenvalue weighted by atomic mass is 9.89. The van der Waals surface area contributed by atoms with Gasteiger partial charge in [0.1, 0.15) is 24.4 Å². The molecule has 1 unspecified atom stereocenters. The Morgan fingerprint density at radius 3 is 1.57 bits per heavy atom. The third kappa shape index (κ3) is 13.8. The van der Waals surface area contributed by atoms with E-state index in [1.165, 1.54) is 77.0 Å². The van der Waals surface area contributed by atoms with Gasteiger partial charge in [-0.2, -0.15) is 0 Å². The van der Waals surface area contributed by atoms with Crippen molar-refractivity contribution in [3.05, 3.63) is 0 Å². The first-order valence-electron chi connectivity index (χ1n) is 15.5. The van der Waals surface area contributed by atoms with E-state index >= 15 is 0 Å². The minimum absolute atomic E-state index is 0.216. The largest absolute Gasteiger partial charge is 0.430 e. The fourth-order valence-electron chi connectivity index (χ4n) is 5.23. The number of rotatable bonds is 23. The van der Waals surface area contributed by atoms with Crippen LogP contribution in [-0.2, 0) is 14.3 Å². The van der Waals surface area contributed by atoms with Crippen LogP contribution in [0.25, 0.3) is 0 Å². The van der Waals surface area contributed by atoms with Gasteiger partial charge in [-0.1, -0.05) is 123 Å². The van der Waals surface area contributed by atoms with Gasteiger partial charge in [-0.25, -0.2) is 0 Å². The number of carbonyl (C=O) groups is 1. The standard InChI is InChI=1S/C30H58O7/c1-3-5-7-9-11-13-15-17-19-21-23-30(29(35)28(34)27(33)25(24-31)36-30)37-26(32)22-20-18-16-14-12-10-8-6-4-2/h25,27-29,31,33-35H,3-24H2,1-2H3/t25-,27-,28+,29-,30?/m1/s1. The molecule has 1 aliphatic rings. The number of unbranched alkanes of at least 4 members (excludes halogenated alkanes) is 17. The Hall–Kier alpha value is -0.730. The van der Waals surface area contributed by atoms with Gasteiger partial charge >= 0.3 is 5.97 Å². The molecule has 0 amide bonds. The fourth-order valence-corrected chi connectivity index (χ4v) is 5.23. The van der Waals surface area contributed by atoms with Crippen molar-refractivity contribution < 1.29 is 34.7 Å². The molecule has 0 aliphatic carbocycles. The molecule has 0 aromatic carbocycles. The molecule has 7 nitrogen and oxygen atoms in total. The van der Waals surface area contributed by atoms with Crippen molar-refractivity contribution in [2.24, 2.45) is 0 Å². The second-order valence-corrected chi connectivity index (χ2v) is 11.1. The minimum atomic E-state index is -1.75. The molecule has 1 heterocycles. The number of aliphatic hydroxyl groups is 4. The van der Waals surface area contributed by atoms with Crippen molar-refractivity contribution in [2.45, 2.75) is 179 Å². The van der Waals surface area contributed by atoms with Crippen LogP contribution in [0, 0.1) is 0 Å². The summed E-state index contributed by atoms with van der Waals surface area (Å²) in [6, 6.07) is 0. The summed E-state index contributed by atoms with van der Waals surface area (Å²) < 4.78 is 11.5. The first-order chi connectivity index (χ1) is 17.9. The highest BCUT2D eigenvalue weighted by Crippen LogP contribution is 2.36. The van der Waals surface area contributed by atoms with Gasteiger partial charge in [0.25, 0.3) is 0 Å². The van der Waals surface area contributed by atoms with Crippen LogP contribution < -0.4 is 0 Å². The molecule has 0 saturated carbocycles. The maximum Gasteiger partial charge on any atom is 0.308 e. The second-order valence-electron chi connectivity index (χ2n) is 11.1. The van der Waals surface area contributed by atoms with Crippen molar-refractivity contribution in [3.63, 3.8) is 0 Å². The smallest absolute Gasteiger partial charge is 0.308 e. The molecule has 1 fully saturated rings. The van der Waals surface area contributed by atoms with Gasteiger partial charge in [0, 0.05) is 12.8 Å². The molecule has 0 aromatic heterocycles. The van der Waals surface area contributed by atoms with E-state index in [1.54, 1.807) is 0 Å². The summed E-state index contributed by atoms with van der Waals surface area (Å²) >= 11 is 0. The van der Waals surface area contributed by atoms with Crippen LogP contribution in [0.5, 0.6) is 0 Å². The van der Waals surface area contributed by atoms with Crippen molar-refractivity contribution in [1.29, 1.82) is 0 Å². The number of hydrogen-bond donors (Lipinski definition) is 4. The number of aliphatic hydroxyl groups excluding tert-OH is 4. The Labute approximate surface area is 226 Å². The van der Waals surface area contributed by atoms with E-state index in [-0.39, 0.29) is 12.8 Å². The first kappa shape index (κ1) is 34.3. The Balaban J connectivity index is 2.49. The molecule has 7 heteroatoms. The van der Waals surface area contributed by atoms with E-state index in [4.69, 9.17) is 9.47 Å². The summed E-state index contributed by atoms with van der Waals surface area (Å²) in [5.74, 6) is -2.22. The van der Waals surface area contributed by atoms with Crippen molar-refractivity contribution in [2.75, 3.05) is 6.61 Å². The van der Waals surface area contributed by atoms with Crippen LogP contribution >= 0.6 is 0 Å². The average Bonchev–Trinajstić information content (AvgIpc) is 2.89. The zero-order valence-electron chi connectivity index (χ0n) is 23.9. The molecular formula is C30H58O7. The van der Waals surface area contributed by atoms with Gasteiger partial charge in [0.2, 0.25) is 5.79 Å². The predicted molar refractivity (Wildman–Crippen MR) is 147 cm³/mol. The molecule has 5 atom stereocenters. The van der Waals surface area contributed by atoms with Crippen LogP contribution in [0.4, 0.5) is 0 Å². The highest BCUT2D eigenvalue weighted by atomic mass is 16.7. The molecule has 220 valence electrons. The SMILES string of the molecule is CCCCCCCCCCCCC1(OC(=O)CCCCCCCCCCC)O[C@H](CO)[C@@H](O)[C@H](O)[C@H]1O. The van der Waals surface area contributed by atoms with Crippen LogP contribution in [-0.4, -0.2) is 63.2 Å². The fraction of sp³-hybridized carbons (Fsp3) is 0.967. The number of ether oxygens (including phenoxy) is 2.